The van der Waals surface area contributed by atoms with E-state index < -0.39 is 16.0 Å². The Balaban J connectivity index is 1.51. The normalized spacial score (nSPS) is 13.1. The van der Waals surface area contributed by atoms with Crippen molar-refractivity contribution < 1.29 is 17.9 Å². The third kappa shape index (κ3) is 4.65. The first-order chi connectivity index (χ1) is 14.0. The van der Waals surface area contributed by atoms with E-state index in [0.717, 1.165) is 11.4 Å². The number of carbonyl (C=O) groups excluding carboxylic acids is 1. The second-order valence-corrected chi connectivity index (χ2v) is 8.44. The van der Waals surface area contributed by atoms with Crippen LogP contribution in [0.15, 0.2) is 58.4 Å². The van der Waals surface area contributed by atoms with Crippen LogP contribution in [0.1, 0.15) is 35.3 Å². The van der Waals surface area contributed by atoms with E-state index in [1.807, 2.05) is 24.3 Å². The number of nitrogens with one attached hydrogen (secondary N) is 1. The van der Waals surface area contributed by atoms with Gasteiger partial charge in [-0.3, -0.25) is 4.99 Å². The highest BCUT2D eigenvalue weighted by Gasteiger charge is 2.22. The van der Waals surface area contributed by atoms with Crippen molar-refractivity contribution in [1.82, 2.24) is 9.62 Å². The molecule has 0 aliphatic carbocycles. The number of carbonyl (C=O) groups is 1. The smallest absolute Gasteiger partial charge is 0.338 e. The number of rotatable bonds is 8. The van der Waals surface area contributed by atoms with Crippen molar-refractivity contribution in [2.45, 2.75) is 25.3 Å². The van der Waals surface area contributed by atoms with Gasteiger partial charge in [0.1, 0.15) is 12.4 Å². The van der Waals surface area contributed by atoms with Crippen LogP contribution in [0.25, 0.3) is 0 Å². The number of fused-ring (bicyclic) bond motifs is 1. The second kappa shape index (κ2) is 9.19. The summed E-state index contributed by atoms with van der Waals surface area (Å²) in [4.78, 5) is 16.8. The summed E-state index contributed by atoms with van der Waals surface area (Å²) in [6, 6.07) is 13.8. The minimum atomic E-state index is -3.54. The van der Waals surface area contributed by atoms with E-state index in [4.69, 9.17) is 4.74 Å². The Morgan fingerprint density at radius 2 is 1.79 bits per heavy atom. The number of nitrogens with zero attached hydrogens (tertiary/aromatic N) is 2. The topological polar surface area (TPSA) is 88.1 Å². The summed E-state index contributed by atoms with van der Waals surface area (Å²) >= 11 is 0. The molecule has 0 atom stereocenters. The molecule has 0 saturated heterocycles. The Kier molecular flexibility index (Phi) is 6.66. The molecule has 0 saturated carbocycles. The Bertz CT molecular complexity index is 997. The monoisotopic (exact) mass is 415 g/mol. The fraction of sp³-hybridized carbons (Fsp3) is 0.333. The Morgan fingerprint density at radius 1 is 1.10 bits per heavy atom. The van der Waals surface area contributed by atoms with Crippen molar-refractivity contribution in [3.63, 3.8) is 0 Å². The summed E-state index contributed by atoms with van der Waals surface area (Å²) in [5.74, 6) is 0.315. The van der Waals surface area contributed by atoms with E-state index in [-0.39, 0.29) is 11.5 Å². The molecule has 8 heteroatoms. The van der Waals surface area contributed by atoms with Crippen molar-refractivity contribution in [3.05, 3.63) is 65.2 Å². The van der Waals surface area contributed by atoms with Gasteiger partial charge in [0.25, 0.3) is 0 Å². The number of amidine groups is 1. The van der Waals surface area contributed by atoms with Crippen LogP contribution in [0.5, 0.6) is 0 Å². The fourth-order valence-corrected chi connectivity index (χ4v) is 4.62. The van der Waals surface area contributed by atoms with E-state index in [1.165, 1.54) is 34.1 Å². The van der Waals surface area contributed by atoms with Crippen molar-refractivity contribution in [3.8, 4) is 0 Å². The summed E-state index contributed by atoms with van der Waals surface area (Å²) in [6.45, 7) is 5.64. The van der Waals surface area contributed by atoms with Crippen LogP contribution in [-0.4, -0.2) is 50.8 Å². The molecule has 0 unspecified atom stereocenters. The SMILES string of the molecule is CCN(CC)S(=O)(=O)c1ccc(C(=O)OCCNC2=NCc3ccccc32)cc1. The first kappa shape index (κ1) is 21.0. The zero-order valence-corrected chi connectivity index (χ0v) is 17.4. The van der Waals surface area contributed by atoms with Crippen LogP contribution >= 0.6 is 0 Å². The Morgan fingerprint density at radius 3 is 2.48 bits per heavy atom. The molecule has 0 amide bonds. The maximum atomic E-state index is 12.5. The van der Waals surface area contributed by atoms with Gasteiger partial charge in [0.2, 0.25) is 10.0 Å². The lowest BCUT2D eigenvalue weighted by Gasteiger charge is -2.18. The van der Waals surface area contributed by atoms with Crippen LogP contribution in [0.4, 0.5) is 0 Å². The van der Waals surface area contributed by atoms with E-state index in [2.05, 4.69) is 10.3 Å². The van der Waals surface area contributed by atoms with Crippen molar-refractivity contribution in [1.29, 1.82) is 0 Å². The molecule has 2 aromatic rings. The van der Waals surface area contributed by atoms with Crippen LogP contribution in [0.2, 0.25) is 0 Å². The predicted molar refractivity (Wildman–Crippen MR) is 112 cm³/mol. The summed E-state index contributed by atoms with van der Waals surface area (Å²) in [5, 5.41) is 3.19. The third-order valence-electron chi connectivity index (χ3n) is 4.74. The van der Waals surface area contributed by atoms with E-state index in [1.54, 1.807) is 13.8 Å². The van der Waals surface area contributed by atoms with Crippen LogP contribution in [0.3, 0.4) is 0 Å². The lowest BCUT2D eigenvalue weighted by Crippen LogP contribution is -2.30. The van der Waals surface area contributed by atoms with E-state index in [0.29, 0.717) is 31.7 Å². The van der Waals surface area contributed by atoms with Gasteiger partial charge in [-0.05, 0) is 29.8 Å². The molecule has 0 aromatic heterocycles. The molecule has 154 valence electrons. The number of benzene rings is 2. The molecule has 7 nitrogen and oxygen atoms in total. The highest BCUT2D eigenvalue weighted by molar-refractivity contribution is 7.89. The Labute approximate surface area is 171 Å². The number of hydrogen-bond acceptors (Lipinski definition) is 6. The molecule has 1 aliphatic rings. The Hall–Kier alpha value is -2.71. The molecule has 29 heavy (non-hydrogen) atoms. The number of sulfonamides is 1. The van der Waals surface area contributed by atoms with Gasteiger partial charge in [-0.2, -0.15) is 4.31 Å². The van der Waals surface area contributed by atoms with Crippen molar-refractivity contribution in [2.75, 3.05) is 26.2 Å². The van der Waals surface area contributed by atoms with Gasteiger partial charge in [-0.1, -0.05) is 38.1 Å². The predicted octanol–water partition coefficient (Wildman–Crippen LogP) is 2.42. The molecule has 0 bridgehead atoms. The molecule has 0 spiro atoms. The molecular formula is C21H25N3O4S. The minimum absolute atomic E-state index is 0.164. The van der Waals surface area contributed by atoms with Crippen LogP contribution in [-0.2, 0) is 21.3 Å². The molecule has 0 fully saturated rings. The van der Waals surface area contributed by atoms with Gasteiger partial charge in [0.05, 0.1) is 23.5 Å². The molecule has 3 rings (SSSR count). The number of ether oxygens (including phenoxy) is 1. The average molecular weight is 416 g/mol. The molecule has 2 aromatic carbocycles. The minimum Gasteiger partial charge on any atom is -0.460 e. The fourth-order valence-electron chi connectivity index (χ4n) is 3.16. The average Bonchev–Trinajstić information content (AvgIpc) is 3.15. The maximum absolute atomic E-state index is 12.5. The summed E-state index contributed by atoms with van der Waals surface area (Å²) in [6.07, 6.45) is 0. The molecule has 1 aliphatic heterocycles. The van der Waals surface area contributed by atoms with Gasteiger partial charge in [-0.25, -0.2) is 13.2 Å². The third-order valence-corrected chi connectivity index (χ3v) is 6.80. The van der Waals surface area contributed by atoms with E-state index >= 15 is 0 Å². The van der Waals surface area contributed by atoms with Gasteiger partial charge in [0, 0.05) is 18.7 Å². The molecule has 0 radical (unpaired) electrons. The van der Waals surface area contributed by atoms with Crippen molar-refractivity contribution >= 4 is 21.8 Å². The highest BCUT2D eigenvalue weighted by atomic mass is 32.2. The standard InChI is InChI=1S/C21H25N3O4S/c1-3-24(4-2)29(26,27)18-11-9-16(10-12-18)21(25)28-14-13-22-20-19-8-6-5-7-17(19)15-23-20/h5-12H,3-4,13-15H2,1-2H3,(H,22,23). The largest absolute Gasteiger partial charge is 0.460 e. The zero-order valence-electron chi connectivity index (χ0n) is 16.6. The van der Waals surface area contributed by atoms with Crippen LogP contribution in [0, 0.1) is 0 Å². The van der Waals surface area contributed by atoms with Gasteiger partial charge < -0.3 is 10.1 Å². The highest BCUT2D eigenvalue weighted by Crippen LogP contribution is 2.17. The summed E-state index contributed by atoms with van der Waals surface area (Å²) in [5.41, 5.74) is 2.56. The molecule has 1 N–H and O–H groups in total. The first-order valence-electron chi connectivity index (χ1n) is 9.61. The quantitative estimate of drug-likeness (QED) is 0.528. The summed E-state index contributed by atoms with van der Waals surface area (Å²) < 4.78 is 31.6. The molecule has 1 heterocycles. The second-order valence-electron chi connectivity index (χ2n) is 6.50. The van der Waals surface area contributed by atoms with Crippen LogP contribution < -0.4 is 5.32 Å². The number of hydrogen-bond donors (Lipinski definition) is 1. The lowest BCUT2D eigenvalue weighted by atomic mass is 10.1. The summed E-state index contributed by atoms with van der Waals surface area (Å²) in [7, 11) is -3.54. The first-order valence-corrected chi connectivity index (χ1v) is 11.0. The van der Waals surface area contributed by atoms with Gasteiger partial charge in [0.15, 0.2) is 0 Å². The van der Waals surface area contributed by atoms with Crippen molar-refractivity contribution in [2.24, 2.45) is 4.99 Å². The number of aliphatic imine (C=N–C) groups is 1. The lowest BCUT2D eigenvalue weighted by molar-refractivity contribution is 0.0512. The van der Waals surface area contributed by atoms with E-state index in [9.17, 15) is 13.2 Å². The number of esters is 1. The van der Waals surface area contributed by atoms with Gasteiger partial charge in [-0.15, -0.1) is 0 Å². The maximum Gasteiger partial charge on any atom is 0.338 e. The molecular weight excluding hydrogens is 390 g/mol. The zero-order chi connectivity index (χ0) is 20.9. The van der Waals surface area contributed by atoms with Gasteiger partial charge >= 0.3 is 5.97 Å².